The van der Waals surface area contributed by atoms with Crippen molar-refractivity contribution in [3.8, 4) is 12.3 Å². The lowest BCUT2D eigenvalue weighted by molar-refractivity contribution is -0.384. The van der Waals surface area contributed by atoms with Gasteiger partial charge in [-0.2, -0.15) is 0 Å². The van der Waals surface area contributed by atoms with Crippen molar-refractivity contribution in [3.05, 3.63) is 34.1 Å². The van der Waals surface area contributed by atoms with Crippen LogP contribution >= 0.6 is 0 Å². The number of nitro groups is 1. The van der Waals surface area contributed by atoms with Crippen LogP contribution < -0.4 is 5.32 Å². The van der Waals surface area contributed by atoms with Gasteiger partial charge in [-0.05, 0) is 12.1 Å². The second-order valence-electron chi connectivity index (χ2n) is 3.36. The maximum atomic E-state index is 12.9. The summed E-state index contributed by atoms with van der Waals surface area (Å²) in [5.74, 6) is 0.117. The van der Waals surface area contributed by atoms with Crippen molar-refractivity contribution in [3.63, 3.8) is 0 Å². The molecule has 0 fully saturated rings. The summed E-state index contributed by atoms with van der Waals surface area (Å²) in [6, 6.07) is 1.63. The van der Waals surface area contributed by atoms with Crippen LogP contribution in [-0.4, -0.2) is 22.0 Å². The zero-order chi connectivity index (χ0) is 13.7. The summed E-state index contributed by atoms with van der Waals surface area (Å²) in [6.45, 7) is 0. The summed E-state index contributed by atoms with van der Waals surface area (Å²) in [5, 5.41) is 21.9. The van der Waals surface area contributed by atoms with Crippen molar-refractivity contribution in [1.29, 1.82) is 0 Å². The van der Waals surface area contributed by atoms with Gasteiger partial charge in [0.2, 0.25) is 0 Å². The number of nitrogens with zero attached hydrogens (tertiary/aromatic N) is 1. The largest absolute Gasteiger partial charge is 0.480 e. The minimum atomic E-state index is -1.24. The van der Waals surface area contributed by atoms with E-state index < -0.39 is 28.4 Å². The first-order chi connectivity index (χ1) is 8.45. The molecule has 0 heterocycles. The van der Waals surface area contributed by atoms with Crippen molar-refractivity contribution in [2.45, 2.75) is 12.5 Å². The standard InChI is InChI=1S/C11H9FN2O4/c1-2-3-9(11(15)16)13-8-5-4-7(12)6-10(8)14(17)18/h1,4-6,9,13H,3H2,(H,15,16). The van der Waals surface area contributed by atoms with Crippen molar-refractivity contribution in [2.75, 3.05) is 5.32 Å². The minimum absolute atomic E-state index is 0.0935. The van der Waals surface area contributed by atoms with Crippen LogP contribution in [0.5, 0.6) is 0 Å². The van der Waals surface area contributed by atoms with Crippen LogP contribution in [0.2, 0.25) is 0 Å². The Hall–Kier alpha value is -2.62. The number of rotatable bonds is 5. The van der Waals surface area contributed by atoms with Gasteiger partial charge in [-0.3, -0.25) is 10.1 Å². The Bertz CT molecular complexity index is 524. The molecule has 0 aliphatic rings. The van der Waals surface area contributed by atoms with Crippen molar-refractivity contribution in [2.24, 2.45) is 0 Å². The molecule has 1 aromatic rings. The van der Waals surface area contributed by atoms with E-state index in [0.29, 0.717) is 6.07 Å². The van der Waals surface area contributed by atoms with Crippen LogP contribution in [0.4, 0.5) is 15.8 Å². The van der Waals surface area contributed by atoms with E-state index in [0.717, 1.165) is 12.1 Å². The Morgan fingerprint density at radius 3 is 2.83 bits per heavy atom. The number of nitro benzene ring substituents is 1. The molecule has 2 N–H and O–H groups in total. The Balaban J connectivity index is 3.06. The minimum Gasteiger partial charge on any atom is -0.480 e. The van der Waals surface area contributed by atoms with Crippen LogP contribution in [0.15, 0.2) is 18.2 Å². The van der Waals surface area contributed by atoms with E-state index in [-0.39, 0.29) is 12.1 Å². The molecule has 94 valence electrons. The molecular weight excluding hydrogens is 243 g/mol. The topological polar surface area (TPSA) is 92.5 Å². The van der Waals surface area contributed by atoms with Crippen LogP contribution in [0.25, 0.3) is 0 Å². The number of benzene rings is 1. The van der Waals surface area contributed by atoms with E-state index in [1.807, 2.05) is 0 Å². The molecule has 1 rings (SSSR count). The number of carboxylic acid groups (broad SMARTS) is 1. The smallest absolute Gasteiger partial charge is 0.327 e. The first-order valence-electron chi connectivity index (χ1n) is 4.82. The number of hydrogen-bond acceptors (Lipinski definition) is 4. The summed E-state index contributed by atoms with van der Waals surface area (Å²) < 4.78 is 12.9. The SMILES string of the molecule is C#CCC(Nc1ccc(F)cc1[N+](=O)[O-])C(=O)O. The molecule has 0 amide bonds. The molecule has 0 aliphatic carbocycles. The molecule has 7 heteroatoms. The zero-order valence-corrected chi connectivity index (χ0v) is 9.09. The maximum Gasteiger partial charge on any atom is 0.327 e. The van der Waals surface area contributed by atoms with Crippen LogP contribution in [0.3, 0.4) is 0 Å². The number of hydrogen-bond donors (Lipinski definition) is 2. The average molecular weight is 252 g/mol. The van der Waals surface area contributed by atoms with Gasteiger partial charge < -0.3 is 10.4 Å². The summed E-state index contributed by atoms with van der Waals surface area (Å²) in [6.07, 6.45) is 4.85. The number of nitrogens with one attached hydrogen (secondary N) is 1. The zero-order valence-electron chi connectivity index (χ0n) is 9.09. The summed E-state index contributed by atoms with van der Waals surface area (Å²) in [5.41, 5.74) is -0.637. The third-order valence-electron chi connectivity index (χ3n) is 2.11. The molecule has 0 bridgehead atoms. The molecule has 0 spiro atoms. The molecule has 0 radical (unpaired) electrons. The summed E-state index contributed by atoms with van der Waals surface area (Å²) in [7, 11) is 0. The Kier molecular flexibility index (Phi) is 4.21. The molecule has 0 saturated carbocycles. The van der Waals surface area contributed by atoms with E-state index in [4.69, 9.17) is 11.5 Å². The number of terminal acetylenes is 1. The lowest BCUT2D eigenvalue weighted by Gasteiger charge is -2.13. The molecule has 1 unspecified atom stereocenters. The van der Waals surface area contributed by atoms with E-state index in [9.17, 15) is 19.3 Å². The Labute approximate surface area is 102 Å². The molecule has 0 saturated heterocycles. The number of aliphatic carboxylic acids is 1. The van der Waals surface area contributed by atoms with Crippen molar-refractivity contribution >= 4 is 17.3 Å². The normalized spacial score (nSPS) is 11.3. The Morgan fingerprint density at radius 2 is 2.33 bits per heavy atom. The van der Waals surface area contributed by atoms with E-state index in [1.54, 1.807) is 0 Å². The molecule has 0 aromatic heterocycles. The molecule has 1 atom stereocenters. The number of anilines is 1. The highest BCUT2D eigenvalue weighted by atomic mass is 19.1. The van der Waals surface area contributed by atoms with Gasteiger partial charge in [-0.15, -0.1) is 12.3 Å². The van der Waals surface area contributed by atoms with Crippen LogP contribution in [0.1, 0.15) is 6.42 Å². The van der Waals surface area contributed by atoms with Crippen molar-refractivity contribution in [1.82, 2.24) is 0 Å². The second-order valence-corrected chi connectivity index (χ2v) is 3.36. The number of carboxylic acids is 1. The van der Waals surface area contributed by atoms with Crippen molar-refractivity contribution < 1.29 is 19.2 Å². The van der Waals surface area contributed by atoms with Gasteiger partial charge in [0.1, 0.15) is 17.5 Å². The lowest BCUT2D eigenvalue weighted by atomic mass is 10.2. The van der Waals surface area contributed by atoms with E-state index >= 15 is 0 Å². The fourth-order valence-electron chi connectivity index (χ4n) is 1.28. The molecule has 6 nitrogen and oxygen atoms in total. The van der Waals surface area contributed by atoms with E-state index in [1.165, 1.54) is 0 Å². The highest BCUT2D eigenvalue weighted by Crippen LogP contribution is 2.25. The predicted molar refractivity (Wildman–Crippen MR) is 61.6 cm³/mol. The lowest BCUT2D eigenvalue weighted by Crippen LogP contribution is -2.29. The molecular formula is C11H9FN2O4. The average Bonchev–Trinajstić information content (AvgIpc) is 2.30. The molecule has 0 aliphatic heterocycles. The van der Waals surface area contributed by atoms with Gasteiger partial charge >= 0.3 is 5.97 Å². The van der Waals surface area contributed by atoms with Gasteiger partial charge in [-0.25, -0.2) is 9.18 Å². The number of carbonyl (C=O) groups is 1. The first-order valence-corrected chi connectivity index (χ1v) is 4.82. The molecule has 18 heavy (non-hydrogen) atoms. The van der Waals surface area contributed by atoms with Gasteiger partial charge in [0.05, 0.1) is 11.0 Å². The monoisotopic (exact) mass is 252 g/mol. The number of halogens is 1. The molecule has 1 aromatic carbocycles. The quantitative estimate of drug-likeness (QED) is 0.472. The maximum absolute atomic E-state index is 12.9. The third-order valence-corrected chi connectivity index (χ3v) is 2.11. The van der Waals surface area contributed by atoms with Gasteiger partial charge in [0, 0.05) is 6.42 Å². The Morgan fingerprint density at radius 1 is 1.67 bits per heavy atom. The third kappa shape index (κ3) is 3.18. The highest BCUT2D eigenvalue weighted by Gasteiger charge is 2.21. The second kappa shape index (κ2) is 5.63. The van der Waals surface area contributed by atoms with Gasteiger partial charge in [-0.1, -0.05) is 0 Å². The van der Waals surface area contributed by atoms with E-state index in [2.05, 4.69) is 11.2 Å². The van der Waals surface area contributed by atoms with Crippen LogP contribution in [0, 0.1) is 28.3 Å². The predicted octanol–water partition coefficient (Wildman–Crippen LogP) is 1.62. The first kappa shape index (κ1) is 13.4. The van der Waals surface area contributed by atoms with Gasteiger partial charge in [0.25, 0.3) is 5.69 Å². The highest BCUT2D eigenvalue weighted by molar-refractivity contribution is 5.79. The summed E-state index contributed by atoms with van der Waals surface area (Å²) >= 11 is 0. The summed E-state index contributed by atoms with van der Waals surface area (Å²) in [4.78, 5) is 20.7. The fraction of sp³-hybridized carbons (Fsp3) is 0.182. The van der Waals surface area contributed by atoms with Crippen LogP contribution in [-0.2, 0) is 4.79 Å². The fourth-order valence-corrected chi connectivity index (χ4v) is 1.28. The van der Waals surface area contributed by atoms with Gasteiger partial charge in [0.15, 0.2) is 0 Å².